The van der Waals surface area contributed by atoms with Crippen molar-refractivity contribution in [3.05, 3.63) is 17.0 Å². The topological polar surface area (TPSA) is 67.2 Å². The van der Waals surface area contributed by atoms with Gasteiger partial charge >= 0.3 is 0 Å². The maximum absolute atomic E-state index is 11.7. The summed E-state index contributed by atoms with van der Waals surface area (Å²) in [6.07, 6.45) is 0.341. The third-order valence-electron chi connectivity index (χ3n) is 2.72. The summed E-state index contributed by atoms with van der Waals surface area (Å²) < 4.78 is 5.02. The number of hydrogen-bond acceptors (Lipinski definition) is 4. The van der Waals surface area contributed by atoms with Crippen molar-refractivity contribution in [2.75, 3.05) is 20.1 Å². The van der Waals surface area contributed by atoms with E-state index in [2.05, 4.69) is 22.7 Å². The molecule has 1 aromatic rings. The lowest BCUT2D eigenvalue weighted by Crippen LogP contribution is -2.33. The lowest BCUT2D eigenvalue weighted by molar-refractivity contribution is -0.120. The van der Waals surface area contributed by atoms with Gasteiger partial charge in [-0.15, -0.1) is 0 Å². The van der Waals surface area contributed by atoms with E-state index in [-0.39, 0.29) is 5.91 Å². The number of nitrogens with one attached hydrogen (secondary N) is 2. The fourth-order valence-corrected chi connectivity index (χ4v) is 1.69. The summed E-state index contributed by atoms with van der Waals surface area (Å²) in [6.45, 7) is 7.34. The van der Waals surface area contributed by atoms with Crippen molar-refractivity contribution in [3.63, 3.8) is 0 Å². The Morgan fingerprint density at radius 1 is 1.41 bits per heavy atom. The molecule has 1 atom stereocenters. The molecule has 0 aliphatic rings. The van der Waals surface area contributed by atoms with Gasteiger partial charge in [-0.1, -0.05) is 12.1 Å². The Hall–Kier alpha value is -1.36. The van der Waals surface area contributed by atoms with Crippen LogP contribution >= 0.6 is 0 Å². The summed E-state index contributed by atoms with van der Waals surface area (Å²) in [4.78, 5) is 11.7. The van der Waals surface area contributed by atoms with Gasteiger partial charge in [0, 0.05) is 12.1 Å². The van der Waals surface area contributed by atoms with Crippen molar-refractivity contribution in [2.24, 2.45) is 5.92 Å². The number of aryl methyl sites for hydroxylation is 2. The summed E-state index contributed by atoms with van der Waals surface area (Å²) >= 11 is 0. The van der Waals surface area contributed by atoms with Crippen LogP contribution < -0.4 is 10.6 Å². The summed E-state index contributed by atoms with van der Waals surface area (Å²) in [7, 11) is 1.90. The molecule has 0 bridgehead atoms. The predicted molar refractivity (Wildman–Crippen MR) is 65.8 cm³/mol. The third-order valence-corrected chi connectivity index (χ3v) is 2.72. The van der Waals surface area contributed by atoms with Crippen molar-refractivity contribution < 1.29 is 9.32 Å². The molecule has 1 amide bonds. The van der Waals surface area contributed by atoms with E-state index in [1.807, 2.05) is 20.9 Å². The average Bonchev–Trinajstić information content (AvgIpc) is 2.58. The van der Waals surface area contributed by atoms with E-state index < -0.39 is 0 Å². The highest BCUT2D eigenvalue weighted by atomic mass is 16.5. The van der Waals surface area contributed by atoms with E-state index >= 15 is 0 Å². The van der Waals surface area contributed by atoms with E-state index in [9.17, 15) is 4.79 Å². The zero-order chi connectivity index (χ0) is 12.8. The van der Waals surface area contributed by atoms with Crippen LogP contribution in [0.2, 0.25) is 0 Å². The van der Waals surface area contributed by atoms with Crippen molar-refractivity contribution in [2.45, 2.75) is 27.2 Å². The van der Waals surface area contributed by atoms with E-state index in [4.69, 9.17) is 4.52 Å². The number of hydrogen-bond donors (Lipinski definition) is 2. The molecule has 17 heavy (non-hydrogen) atoms. The largest absolute Gasteiger partial charge is 0.361 e. The van der Waals surface area contributed by atoms with E-state index in [0.717, 1.165) is 23.6 Å². The SMILES string of the molecule is CNCC(C)CNC(=O)Cc1c(C)noc1C. The van der Waals surface area contributed by atoms with Crippen LogP contribution in [0.25, 0.3) is 0 Å². The van der Waals surface area contributed by atoms with E-state index in [1.165, 1.54) is 0 Å². The highest BCUT2D eigenvalue weighted by molar-refractivity contribution is 5.78. The molecule has 0 saturated carbocycles. The van der Waals surface area contributed by atoms with Gasteiger partial charge in [-0.3, -0.25) is 4.79 Å². The Morgan fingerprint density at radius 2 is 2.12 bits per heavy atom. The first-order chi connectivity index (χ1) is 8.04. The van der Waals surface area contributed by atoms with Gasteiger partial charge in [-0.25, -0.2) is 0 Å². The summed E-state index contributed by atoms with van der Waals surface area (Å²) in [6, 6.07) is 0. The molecule has 0 aromatic carbocycles. The highest BCUT2D eigenvalue weighted by Crippen LogP contribution is 2.12. The van der Waals surface area contributed by atoms with Gasteiger partial charge in [0.05, 0.1) is 12.1 Å². The Morgan fingerprint density at radius 3 is 2.65 bits per heavy atom. The Balaban J connectivity index is 2.40. The minimum Gasteiger partial charge on any atom is -0.361 e. The Labute approximate surface area is 102 Å². The van der Waals surface area contributed by atoms with E-state index in [1.54, 1.807) is 0 Å². The van der Waals surface area contributed by atoms with Gasteiger partial charge in [-0.2, -0.15) is 0 Å². The van der Waals surface area contributed by atoms with Crippen LogP contribution in [-0.2, 0) is 11.2 Å². The summed E-state index contributed by atoms with van der Waals surface area (Å²) in [5.74, 6) is 1.16. The Bertz CT molecular complexity index is 354. The molecule has 0 saturated heterocycles. The number of nitrogens with zero attached hydrogens (tertiary/aromatic N) is 1. The molecule has 1 aromatic heterocycles. The second-order valence-corrected chi connectivity index (χ2v) is 4.45. The minimum absolute atomic E-state index is 0.0161. The standard InChI is InChI=1S/C12H21N3O2/c1-8(6-13-4)7-14-12(16)5-11-9(2)15-17-10(11)3/h8,13H,5-7H2,1-4H3,(H,14,16). The van der Waals surface area contributed by atoms with Gasteiger partial charge in [0.1, 0.15) is 5.76 Å². The molecule has 0 fully saturated rings. The fourth-order valence-electron chi connectivity index (χ4n) is 1.69. The molecular weight excluding hydrogens is 218 g/mol. The van der Waals surface area contributed by atoms with Gasteiger partial charge in [0.2, 0.25) is 5.91 Å². The maximum atomic E-state index is 11.7. The molecule has 2 N–H and O–H groups in total. The average molecular weight is 239 g/mol. The summed E-state index contributed by atoms with van der Waals surface area (Å²) in [5.41, 5.74) is 1.68. The van der Waals surface area contributed by atoms with Crippen LogP contribution in [0.5, 0.6) is 0 Å². The fraction of sp³-hybridized carbons (Fsp3) is 0.667. The van der Waals surface area contributed by atoms with Gasteiger partial charge in [0.25, 0.3) is 0 Å². The van der Waals surface area contributed by atoms with Gasteiger partial charge < -0.3 is 15.2 Å². The molecule has 1 heterocycles. The number of aromatic nitrogens is 1. The highest BCUT2D eigenvalue weighted by Gasteiger charge is 2.13. The zero-order valence-electron chi connectivity index (χ0n) is 11.0. The second kappa shape index (κ2) is 6.39. The molecule has 0 aliphatic heterocycles. The first-order valence-electron chi connectivity index (χ1n) is 5.87. The normalized spacial score (nSPS) is 12.5. The molecular formula is C12H21N3O2. The van der Waals surface area contributed by atoms with Crippen LogP contribution in [0, 0.1) is 19.8 Å². The number of carbonyl (C=O) groups excluding carboxylic acids is 1. The zero-order valence-corrected chi connectivity index (χ0v) is 11.0. The lowest BCUT2D eigenvalue weighted by atomic mass is 10.1. The summed E-state index contributed by atoms with van der Waals surface area (Å²) in [5, 5.41) is 9.82. The van der Waals surface area contributed by atoms with Gasteiger partial charge in [-0.05, 0) is 33.4 Å². The van der Waals surface area contributed by atoms with Crippen LogP contribution in [-0.4, -0.2) is 31.2 Å². The molecule has 5 nitrogen and oxygen atoms in total. The lowest BCUT2D eigenvalue weighted by Gasteiger charge is -2.11. The monoisotopic (exact) mass is 239 g/mol. The quantitative estimate of drug-likeness (QED) is 0.770. The second-order valence-electron chi connectivity index (χ2n) is 4.45. The molecule has 0 spiro atoms. The maximum Gasteiger partial charge on any atom is 0.224 e. The number of carbonyl (C=O) groups is 1. The molecule has 0 radical (unpaired) electrons. The molecule has 5 heteroatoms. The molecule has 96 valence electrons. The third kappa shape index (κ3) is 4.19. The predicted octanol–water partition coefficient (Wildman–Crippen LogP) is 0.806. The van der Waals surface area contributed by atoms with Crippen molar-refractivity contribution in [1.82, 2.24) is 15.8 Å². The molecule has 0 aliphatic carbocycles. The number of amides is 1. The van der Waals surface area contributed by atoms with E-state index in [0.29, 0.717) is 18.9 Å². The smallest absolute Gasteiger partial charge is 0.224 e. The van der Waals surface area contributed by atoms with Crippen molar-refractivity contribution >= 4 is 5.91 Å². The molecule has 1 rings (SSSR count). The first-order valence-corrected chi connectivity index (χ1v) is 5.87. The van der Waals surface area contributed by atoms with Crippen LogP contribution in [0.3, 0.4) is 0 Å². The minimum atomic E-state index is 0.0161. The van der Waals surface area contributed by atoms with Crippen LogP contribution in [0.15, 0.2) is 4.52 Å². The van der Waals surface area contributed by atoms with Crippen molar-refractivity contribution in [3.8, 4) is 0 Å². The van der Waals surface area contributed by atoms with Crippen molar-refractivity contribution in [1.29, 1.82) is 0 Å². The molecule has 1 unspecified atom stereocenters. The number of rotatable bonds is 6. The van der Waals surface area contributed by atoms with Crippen LogP contribution in [0.4, 0.5) is 0 Å². The van der Waals surface area contributed by atoms with Gasteiger partial charge in [0.15, 0.2) is 0 Å². The first kappa shape index (κ1) is 13.7. The van der Waals surface area contributed by atoms with Crippen LogP contribution in [0.1, 0.15) is 23.9 Å². The Kier molecular flexibility index (Phi) is 5.15.